The van der Waals surface area contributed by atoms with E-state index >= 15 is 0 Å². The maximum absolute atomic E-state index is 13.3. The van der Waals surface area contributed by atoms with Gasteiger partial charge in [-0.15, -0.1) is 0 Å². The Morgan fingerprint density at radius 3 is 2.46 bits per heavy atom. The summed E-state index contributed by atoms with van der Waals surface area (Å²) in [5.74, 6) is -0.0224. The lowest BCUT2D eigenvalue weighted by atomic mass is 10.2. The second kappa shape index (κ2) is 7.17. The molecule has 1 aromatic carbocycles. The Morgan fingerprint density at radius 1 is 0.923 bits per heavy atom. The van der Waals surface area contributed by atoms with Crippen molar-refractivity contribution in [1.82, 2.24) is 24.6 Å². The van der Waals surface area contributed by atoms with Crippen molar-refractivity contribution in [3.8, 4) is 5.82 Å². The number of piperazine rings is 1. The Bertz CT molecular complexity index is 875. The van der Waals surface area contributed by atoms with E-state index in [1.807, 2.05) is 18.3 Å². The molecule has 4 rings (SSSR count). The third-order valence-corrected chi connectivity index (χ3v) is 4.46. The van der Waals surface area contributed by atoms with E-state index in [0.29, 0.717) is 6.54 Å². The van der Waals surface area contributed by atoms with Crippen molar-refractivity contribution < 1.29 is 8.78 Å². The van der Waals surface area contributed by atoms with E-state index in [4.69, 9.17) is 0 Å². The molecule has 3 aromatic rings. The average molecular weight is 356 g/mol. The monoisotopic (exact) mass is 356 g/mol. The predicted octanol–water partition coefficient (Wildman–Crippen LogP) is 2.26. The van der Waals surface area contributed by atoms with Gasteiger partial charge in [-0.3, -0.25) is 4.90 Å². The topological polar surface area (TPSA) is 50.1 Å². The van der Waals surface area contributed by atoms with Gasteiger partial charge in [-0.2, -0.15) is 5.10 Å². The van der Waals surface area contributed by atoms with Gasteiger partial charge in [0.1, 0.15) is 12.1 Å². The molecule has 0 bridgehead atoms. The number of benzene rings is 1. The number of anilines is 1. The third kappa shape index (κ3) is 3.55. The van der Waals surface area contributed by atoms with Crippen molar-refractivity contribution in [2.75, 3.05) is 31.1 Å². The SMILES string of the molecule is Fc1ccc(CN2CCN(c3cc(-n4cccn4)ncn3)CC2)cc1F. The molecule has 0 amide bonds. The van der Waals surface area contributed by atoms with E-state index in [0.717, 1.165) is 43.4 Å². The van der Waals surface area contributed by atoms with Gasteiger partial charge in [-0.05, 0) is 23.8 Å². The summed E-state index contributed by atoms with van der Waals surface area (Å²) in [5.41, 5.74) is 0.778. The maximum Gasteiger partial charge on any atom is 0.159 e. The molecule has 1 saturated heterocycles. The van der Waals surface area contributed by atoms with Crippen molar-refractivity contribution in [2.24, 2.45) is 0 Å². The maximum atomic E-state index is 13.3. The van der Waals surface area contributed by atoms with Crippen LogP contribution in [0.25, 0.3) is 5.82 Å². The molecular weight excluding hydrogens is 338 g/mol. The largest absolute Gasteiger partial charge is 0.354 e. The molecule has 0 saturated carbocycles. The highest BCUT2D eigenvalue weighted by atomic mass is 19.2. The highest BCUT2D eigenvalue weighted by Crippen LogP contribution is 2.17. The van der Waals surface area contributed by atoms with Gasteiger partial charge in [0.05, 0.1) is 0 Å². The number of halogens is 2. The van der Waals surface area contributed by atoms with Crippen LogP contribution in [0.4, 0.5) is 14.6 Å². The Kier molecular flexibility index (Phi) is 4.57. The van der Waals surface area contributed by atoms with Crippen molar-refractivity contribution >= 4 is 5.82 Å². The summed E-state index contributed by atoms with van der Waals surface area (Å²) in [6.07, 6.45) is 5.09. The minimum absolute atomic E-state index is 0.605. The molecule has 0 aliphatic carbocycles. The van der Waals surface area contributed by atoms with Crippen LogP contribution in [0.1, 0.15) is 5.56 Å². The first-order valence-electron chi connectivity index (χ1n) is 8.42. The second-order valence-electron chi connectivity index (χ2n) is 6.20. The normalized spacial score (nSPS) is 15.4. The van der Waals surface area contributed by atoms with Gasteiger partial charge >= 0.3 is 0 Å². The lowest BCUT2D eigenvalue weighted by Gasteiger charge is -2.35. The van der Waals surface area contributed by atoms with Crippen molar-refractivity contribution in [3.05, 3.63) is 66.3 Å². The van der Waals surface area contributed by atoms with Crippen LogP contribution in [-0.2, 0) is 6.54 Å². The van der Waals surface area contributed by atoms with Crippen LogP contribution < -0.4 is 4.90 Å². The molecule has 6 nitrogen and oxygen atoms in total. The summed E-state index contributed by atoms with van der Waals surface area (Å²) in [5, 5.41) is 4.19. The summed E-state index contributed by atoms with van der Waals surface area (Å²) in [6.45, 7) is 3.85. The zero-order chi connectivity index (χ0) is 17.9. The fourth-order valence-electron chi connectivity index (χ4n) is 3.07. The predicted molar refractivity (Wildman–Crippen MR) is 93.0 cm³/mol. The van der Waals surface area contributed by atoms with E-state index in [1.165, 1.54) is 12.1 Å². The average Bonchev–Trinajstić information content (AvgIpc) is 3.20. The van der Waals surface area contributed by atoms with Crippen LogP contribution in [0.15, 0.2) is 49.1 Å². The molecule has 0 radical (unpaired) electrons. The van der Waals surface area contributed by atoms with Gasteiger partial charge in [0.15, 0.2) is 17.5 Å². The number of hydrogen-bond donors (Lipinski definition) is 0. The Balaban J connectivity index is 1.39. The zero-order valence-electron chi connectivity index (χ0n) is 14.1. The standard InChI is InChI=1S/C18H18F2N6/c19-15-3-2-14(10-16(15)20)12-24-6-8-25(9-7-24)17-11-18(22-13-21-17)26-5-1-4-23-26/h1-5,10-11,13H,6-9,12H2. The molecule has 0 atom stereocenters. The van der Waals surface area contributed by atoms with Crippen molar-refractivity contribution in [3.63, 3.8) is 0 Å². The van der Waals surface area contributed by atoms with Gasteiger partial charge in [-0.25, -0.2) is 23.4 Å². The Labute approximate surface area is 149 Å². The van der Waals surface area contributed by atoms with Crippen LogP contribution in [0.5, 0.6) is 0 Å². The highest BCUT2D eigenvalue weighted by molar-refractivity contribution is 5.43. The number of nitrogens with zero attached hydrogens (tertiary/aromatic N) is 6. The lowest BCUT2D eigenvalue weighted by Crippen LogP contribution is -2.46. The molecule has 0 unspecified atom stereocenters. The van der Waals surface area contributed by atoms with Crippen LogP contribution in [0.3, 0.4) is 0 Å². The summed E-state index contributed by atoms with van der Waals surface area (Å²) in [6, 6.07) is 7.84. The Morgan fingerprint density at radius 2 is 1.73 bits per heavy atom. The first kappa shape index (κ1) is 16.6. The molecule has 1 fully saturated rings. The molecule has 0 spiro atoms. The molecule has 2 aromatic heterocycles. The minimum Gasteiger partial charge on any atom is -0.354 e. The first-order valence-corrected chi connectivity index (χ1v) is 8.42. The fraction of sp³-hybridized carbons (Fsp3) is 0.278. The molecule has 26 heavy (non-hydrogen) atoms. The van der Waals surface area contributed by atoms with Gasteiger partial charge in [0.25, 0.3) is 0 Å². The lowest BCUT2D eigenvalue weighted by molar-refractivity contribution is 0.249. The Hall–Kier alpha value is -2.87. The van der Waals surface area contributed by atoms with Crippen molar-refractivity contribution in [1.29, 1.82) is 0 Å². The quantitative estimate of drug-likeness (QED) is 0.718. The van der Waals surface area contributed by atoms with Crippen LogP contribution >= 0.6 is 0 Å². The molecular formula is C18H18F2N6. The number of aromatic nitrogens is 4. The summed E-state index contributed by atoms with van der Waals surface area (Å²) >= 11 is 0. The van der Waals surface area contributed by atoms with E-state index in [2.05, 4.69) is 24.9 Å². The van der Waals surface area contributed by atoms with Gasteiger partial charge in [-0.1, -0.05) is 6.07 Å². The van der Waals surface area contributed by atoms with Gasteiger partial charge in [0, 0.05) is 51.2 Å². The number of hydrogen-bond acceptors (Lipinski definition) is 5. The van der Waals surface area contributed by atoms with E-state index in [9.17, 15) is 8.78 Å². The molecule has 8 heteroatoms. The van der Waals surface area contributed by atoms with Crippen LogP contribution in [0, 0.1) is 11.6 Å². The smallest absolute Gasteiger partial charge is 0.159 e. The molecule has 1 aliphatic rings. The molecule has 3 heterocycles. The number of rotatable bonds is 4. The van der Waals surface area contributed by atoms with Gasteiger partial charge < -0.3 is 4.90 Å². The van der Waals surface area contributed by atoms with Crippen LogP contribution in [-0.4, -0.2) is 50.8 Å². The third-order valence-electron chi connectivity index (χ3n) is 4.46. The van der Waals surface area contributed by atoms with Gasteiger partial charge in [0.2, 0.25) is 0 Å². The first-order chi connectivity index (χ1) is 12.7. The van der Waals surface area contributed by atoms with E-state index < -0.39 is 11.6 Å². The molecule has 0 N–H and O–H groups in total. The minimum atomic E-state index is -0.810. The second-order valence-corrected chi connectivity index (χ2v) is 6.20. The molecule has 1 aliphatic heterocycles. The highest BCUT2D eigenvalue weighted by Gasteiger charge is 2.19. The van der Waals surface area contributed by atoms with E-state index in [-0.39, 0.29) is 0 Å². The summed E-state index contributed by atoms with van der Waals surface area (Å²) in [7, 11) is 0. The van der Waals surface area contributed by atoms with Crippen molar-refractivity contribution in [2.45, 2.75) is 6.54 Å². The van der Waals surface area contributed by atoms with E-state index in [1.54, 1.807) is 23.3 Å². The zero-order valence-corrected chi connectivity index (χ0v) is 14.1. The summed E-state index contributed by atoms with van der Waals surface area (Å²) in [4.78, 5) is 13.0. The van der Waals surface area contributed by atoms with Crippen LogP contribution in [0.2, 0.25) is 0 Å². The molecule has 134 valence electrons. The summed E-state index contributed by atoms with van der Waals surface area (Å²) < 4.78 is 28.1. The fourth-order valence-corrected chi connectivity index (χ4v) is 3.07.